The molecule has 3 nitrogen and oxygen atoms in total. The van der Waals surface area contributed by atoms with Crippen LogP contribution in [0.4, 0.5) is 0 Å². The summed E-state index contributed by atoms with van der Waals surface area (Å²) in [5, 5.41) is 0. The highest BCUT2D eigenvalue weighted by Gasteiger charge is 2.10. The SMILES string of the molecule is CC/N=C\C(/C=C(\C)C(OCC)OCC)=C(C)C. The molecule has 0 unspecified atom stereocenters. The normalized spacial score (nSPS) is 12.5. The van der Waals surface area contributed by atoms with Crippen molar-refractivity contribution in [3.63, 3.8) is 0 Å². The predicted molar refractivity (Wildman–Crippen MR) is 78.2 cm³/mol. The molecule has 104 valence electrons. The van der Waals surface area contributed by atoms with Gasteiger partial charge in [0.25, 0.3) is 0 Å². The molecular weight excluding hydrogens is 226 g/mol. The van der Waals surface area contributed by atoms with Gasteiger partial charge in [0.15, 0.2) is 6.29 Å². The van der Waals surface area contributed by atoms with E-state index in [0.717, 1.165) is 17.7 Å². The molecule has 0 aliphatic heterocycles. The van der Waals surface area contributed by atoms with Crippen LogP contribution >= 0.6 is 0 Å². The molecular formula is C15H27NO2. The summed E-state index contributed by atoms with van der Waals surface area (Å²) in [5.74, 6) is 0. The molecule has 0 aromatic rings. The molecule has 0 rings (SSSR count). The van der Waals surface area contributed by atoms with Crippen LogP contribution in [0.5, 0.6) is 0 Å². The third kappa shape index (κ3) is 6.72. The summed E-state index contributed by atoms with van der Waals surface area (Å²) in [4.78, 5) is 4.29. The monoisotopic (exact) mass is 253 g/mol. The summed E-state index contributed by atoms with van der Waals surface area (Å²) >= 11 is 0. The highest BCUT2D eigenvalue weighted by atomic mass is 16.7. The minimum absolute atomic E-state index is 0.260. The van der Waals surface area contributed by atoms with E-state index in [1.165, 1.54) is 5.57 Å². The average Bonchev–Trinajstić information content (AvgIpc) is 2.33. The zero-order valence-corrected chi connectivity index (χ0v) is 12.6. The van der Waals surface area contributed by atoms with Crippen LogP contribution in [-0.2, 0) is 9.47 Å². The maximum absolute atomic E-state index is 5.57. The molecule has 0 aromatic carbocycles. The third-order valence-corrected chi connectivity index (χ3v) is 2.38. The fourth-order valence-electron chi connectivity index (χ4n) is 1.43. The molecule has 0 amide bonds. The molecule has 3 heteroatoms. The molecule has 0 N–H and O–H groups in total. The summed E-state index contributed by atoms with van der Waals surface area (Å²) in [5.41, 5.74) is 3.43. The first-order valence-corrected chi connectivity index (χ1v) is 6.65. The molecule has 0 heterocycles. The second-order valence-corrected chi connectivity index (χ2v) is 4.21. The van der Waals surface area contributed by atoms with E-state index < -0.39 is 0 Å². The molecule has 0 atom stereocenters. The number of aliphatic imine (C=N–C) groups is 1. The Labute approximate surface area is 112 Å². The molecule has 18 heavy (non-hydrogen) atoms. The van der Waals surface area contributed by atoms with Crippen molar-refractivity contribution in [3.8, 4) is 0 Å². The van der Waals surface area contributed by atoms with E-state index in [9.17, 15) is 0 Å². The van der Waals surface area contributed by atoms with Gasteiger partial charge in [-0.05, 0) is 58.8 Å². The van der Waals surface area contributed by atoms with Crippen molar-refractivity contribution >= 4 is 6.21 Å². The second kappa shape index (κ2) is 10.0. The minimum Gasteiger partial charge on any atom is -0.349 e. The van der Waals surface area contributed by atoms with Crippen molar-refractivity contribution in [1.29, 1.82) is 0 Å². The van der Waals surface area contributed by atoms with Gasteiger partial charge in [-0.1, -0.05) is 5.57 Å². The van der Waals surface area contributed by atoms with Crippen LogP contribution in [0.2, 0.25) is 0 Å². The summed E-state index contributed by atoms with van der Waals surface area (Å²) < 4.78 is 11.1. The Morgan fingerprint density at radius 3 is 2.00 bits per heavy atom. The van der Waals surface area contributed by atoms with Crippen LogP contribution in [0, 0.1) is 0 Å². The number of ether oxygens (including phenoxy) is 2. The van der Waals surface area contributed by atoms with E-state index in [1.54, 1.807) is 0 Å². The Balaban J connectivity index is 4.97. The van der Waals surface area contributed by atoms with Gasteiger partial charge in [0.05, 0.1) is 0 Å². The maximum Gasteiger partial charge on any atom is 0.179 e. The van der Waals surface area contributed by atoms with E-state index in [1.807, 2.05) is 33.9 Å². The van der Waals surface area contributed by atoms with Gasteiger partial charge in [-0.15, -0.1) is 0 Å². The molecule has 0 fully saturated rings. The third-order valence-electron chi connectivity index (χ3n) is 2.38. The van der Waals surface area contributed by atoms with Crippen LogP contribution in [0.3, 0.4) is 0 Å². The number of allylic oxidation sites excluding steroid dienone is 3. The predicted octanol–water partition coefficient (Wildman–Crippen LogP) is 3.76. The summed E-state index contributed by atoms with van der Waals surface area (Å²) in [6.07, 6.45) is 3.74. The molecule has 0 bridgehead atoms. The molecule has 0 aromatic heterocycles. The molecule has 0 spiro atoms. The lowest BCUT2D eigenvalue weighted by molar-refractivity contribution is -0.111. The highest BCUT2D eigenvalue weighted by molar-refractivity contribution is 5.83. The Bertz CT molecular complexity index is 306. The molecule has 0 saturated carbocycles. The molecule has 0 saturated heterocycles. The summed E-state index contributed by atoms with van der Waals surface area (Å²) in [6.45, 7) is 14.2. The largest absolute Gasteiger partial charge is 0.349 e. The summed E-state index contributed by atoms with van der Waals surface area (Å²) in [6, 6.07) is 0. The number of hydrogen-bond donors (Lipinski definition) is 0. The van der Waals surface area contributed by atoms with Gasteiger partial charge in [0.1, 0.15) is 0 Å². The fourth-order valence-corrected chi connectivity index (χ4v) is 1.43. The minimum atomic E-state index is -0.260. The van der Waals surface area contributed by atoms with Crippen molar-refractivity contribution in [2.45, 2.75) is 47.8 Å². The molecule has 0 aliphatic rings. The lowest BCUT2D eigenvalue weighted by Gasteiger charge is -2.18. The first-order valence-electron chi connectivity index (χ1n) is 6.65. The first kappa shape index (κ1) is 17.1. The van der Waals surface area contributed by atoms with Crippen LogP contribution in [0.25, 0.3) is 0 Å². The fraction of sp³-hybridized carbons (Fsp3) is 0.667. The van der Waals surface area contributed by atoms with Crippen molar-refractivity contribution < 1.29 is 9.47 Å². The van der Waals surface area contributed by atoms with Crippen molar-refractivity contribution in [1.82, 2.24) is 0 Å². The number of hydrogen-bond acceptors (Lipinski definition) is 3. The Hall–Kier alpha value is -0.930. The van der Waals surface area contributed by atoms with Crippen LogP contribution < -0.4 is 0 Å². The standard InChI is InChI=1S/C15H27NO2/c1-7-16-11-14(12(4)5)10-13(6)15(17-8-2)18-9-3/h10-11,15H,7-9H2,1-6H3/b13-10+,16-11-. The Kier molecular flexibility index (Phi) is 9.52. The topological polar surface area (TPSA) is 30.8 Å². The van der Waals surface area contributed by atoms with Crippen molar-refractivity contribution in [3.05, 3.63) is 22.8 Å². The van der Waals surface area contributed by atoms with Crippen molar-refractivity contribution in [2.24, 2.45) is 4.99 Å². The van der Waals surface area contributed by atoms with E-state index in [-0.39, 0.29) is 6.29 Å². The van der Waals surface area contributed by atoms with Gasteiger partial charge >= 0.3 is 0 Å². The quantitative estimate of drug-likeness (QED) is 0.374. The van der Waals surface area contributed by atoms with Gasteiger partial charge < -0.3 is 9.47 Å². The van der Waals surface area contributed by atoms with Gasteiger partial charge in [0.2, 0.25) is 0 Å². The Morgan fingerprint density at radius 1 is 1.06 bits per heavy atom. The van der Waals surface area contributed by atoms with E-state index in [2.05, 4.69) is 24.9 Å². The molecule has 0 aliphatic carbocycles. The maximum atomic E-state index is 5.57. The average molecular weight is 253 g/mol. The first-order chi connectivity index (χ1) is 8.56. The summed E-state index contributed by atoms with van der Waals surface area (Å²) in [7, 11) is 0. The van der Waals surface area contributed by atoms with Gasteiger partial charge in [-0.2, -0.15) is 0 Å². The van der Waals surface area contributed by atoms with E-state index in [4.69, 9.17) is 9.47 Å². The van der Waals surface area contributed by atoms with Crippen LogP contribution in [-0.4, -0.2) is 32.3 Å². The van der Waals surface area contributed by atoms with Gasteiger partial charge in [-0.25, -0.2) is 0 Å². The van der Waals surface area contributed by atoms with Crippen molar-refractivity contribution in [2.75, 3.05) is 19.8 Å². The lowest BCUT2D eigenvalue weighted by Crippen LogP contribution is -2.18. The van der Waals surface area contributed by atoms with E-state index >= 15 is 0 Å². The number of nitrogens with zero attached hydrogens (tertiary/aromatic N) is 1. The lowest BCUT2D eigenvalue weighted by atomic mass is 10.1. The van der Waals surface area contributed by atoms with Crippen LogP contribution in [0.1, 0.15) is 41.5 Å². The van der Waals surface area contributed by atoms with Crippen LogP contribution in [0.15, 0.2) is 27.8 Å². The zero-order valence-electron chi connectivity index (χ0n) is 12.6. The smallest absolute Gasteiger partial charge is 0.179 e. The Morgan fingerprint density at radius 2 is 1.61 bits per heavy atom. The van der Waals surface area contributed by atoms with Gasteiger partial charge in [0, 0.05) is 26.0 Å². The number of rotatable bonds is 8. The van der Waals surface area contributed by atoms with Gasteiger partial charge in [-0.3, -0.25) is 4.99 Å². The molecule has 0 radical (unpaired) electrons. The zero-order chi connectivity index (χ0) is 14.0. The van der Waals surface area contributed by atoms with E-state index in [0.29, 0.717) is 13.2 Å². The second-order valence-electron chi connectivity index (χ2n) is 4.21. The highest BCUT2D eigenvalue weighted by Crippen LogP contribution is 2.13.